The smallest absolute Gasteiger partial charge is 0.126 e. The Kier molecular flexibility index (Phi) is 4.24. The number of benzene rings is 1. The fraction of sp³-hybridized carbons (Fsp3) is 0.538. The summed E-state index contributed by atoms with van der Waals surface area (Å²) in [5.74, 6) is 2.36. The van der Waals surface area contributed by atoms with Gasteiger partial charge in [0.05, 0.1) is 0 Å². The van der Waals surface area contributed by atoms with Crippen molar-refractivity contribution < 1.29 is 4.39 Å². The highest BCUT2D eigenvalue weighted by Gasteiger charge is 2.17. The normalized spacial score (nSPS) is 22.2. The van der Waals surface area contributed by atoms with Crippen molar-refractivity contribution in [3.63, 3.8) is 0 Å². The second-order valence-corrected chi connectivity index (χ2v) is 5.57. The zero-order chi connectivity index (χ0) is 11.4. The Bertz CT molecular complexity index is 336. The Morgan fingerprint density at radius 2 is 2.31 bits per heavy atom. The molecule has 1 fully saturated rings. The highest BCUT2D eigenvalue weighted by molar-refractivity contribution is 7.99. The topological polar surface area (TPSA) is 12.0 Å². The lowest BCUT2D eigenvalue weighted by molar-refractivity contribution is 0.463. The van der Waals surface area contributed by atoms with E-state index in [0.29, 0.717) is 12.1 Å². The second-order valence-electron chi connectivity index (χ2n) is 4.42. The van der Waals surface area contributed by atoms with E-state index in [1.54, 1.807) is 6.07 Å². The second kappa shape index (κ2) is 5.69. The lowest BCUT2D eigenvalue weighted by Gasteiger charge is -2.18. The molecule has 2 unspecified atom stereocenters. The molecule has 0 aliphatic carbocycles. The number of rotatable bonds is 4. The molecule has 16 heavy (non-hydrogen) atoms. The van der Waals surface area contributed by atoms with Gasteiger partial charge in [0.1, 0.15) is 5.82 Å². The van der Waals surface area contributed by atoms with Gasteiger partial charge in [0, 0.05) is 17.8 Å². The molecule has 3 heteroatoms. The molecule has 1 aliphatic heterocycles. The van der Waals surface area contributed by atoms with Gasteiger partial charge in [0.15, 0.2) is 0 Å². The first-order chi connectivity index (χ1) is 7.75. The van der Waals surface area contributed by atoms with Crippen molar-refractivity contribution in [1.82, 2.24) is 5.32 Å². The number of hydrogen-bond acceptors (Lipinski definition) is 2. The molecular formula is C13H18FNS. The van der Waals surface area contributed by atoms with Crippen LogP contribution in [0.2, 0.25) is 0 Å². The third-order valence-electron chi connectivity index (χ3n) is 2.93. The number of halogens is 1. The van der Waals surface area contributed by atoms with Gasteiger partial charge in [0.2, 0.25) is 0 Å². The van der Waals surface area contributed by atoms with E-state index in [2.05, 4.69) is 12.2 Å². The quantitative estimate of drug-likeness (QED) is 0.867. The number of thioether (sulfide) groups is 1. The largest absolute Gasteiger partial charge is 0.310 e. The van der Waals surface area contributed by atoms with Crippen LogP contribution in [0, 0.1) is 5.82 Å². The summed E-state index contributed by atoms with van der Waals surface area (Å²) in [6.45, 7) is 2.13. The van der Waals surface area contributed by atoms with Crippen molar-refractivity contribution in [2.75, 3.05) is 11.5 Å². The molecule has 2 atom stereocenters. The lowest BCUT2D eigenvalue weighted by atomic mass is 10.1. The standard InChI is InChI=1S/C13H18FNS/c1-10(15-12-6-7-16-9-12)8-11-4-2-3-5-13(11)14/h2-5,10,12,15H,6-9H2,1H3. The van der Waals surface area contributed by atoms with Crippen LogP contribution in [0.15, 0.2) is 24.3 Å². The molecule has 2 rings (SSSR count). The minimum absolute atomic E-state index is 0.0862. The third kappa shape index (κ3) is 3.22. The van der Waals surface area contributed by atoms with Crippen molar-refractivity contribution in [3.05, 3.63) is 35.6 Å². The van der Waals surface area contributed by atoms with Crippen LogP contribution in [-0.2, 0) is 6.42 Å². The average molecular weight is 239 g/mol. The van der Waals surface area contributed by atoms with Gasteiger partial charge >= 0.3 is 0 Å². The summed E-state index contributed by atoms with van der Waals surface area (Å²) >= 11 is 2.00. The summed E-state index contributed by atoms with van der Waals surface area (Å²) < 4.78 is 13.4. The molecule has 1 aliphatic rings. The molecule has 1 aromatic carbocycles. The van der Waals surface area contributed by atoms with E-state index in [-0.39, 0.29) is 5.82 Å². The molecule has 0 amide bonds. The third-order valence-corrected chi connectivity index (χ3v) is 4.10. The predicted molar refractivity (Wildman–Crippen MR) is 68.4 cm³/mol. The van der Waals surface area contributed by atoms with Gasteiger partial charge in [0.25, 0.3) is 0 Å². The van der Waals surface area contributed by atoms with Crippen LogP contribution in [0.1, 0.15) is 18.9 Å². The van der Waals surface area contributed by atoms with Crippen LogP contribution in [0.3, 0.4) is 0 Å². The highest BCUT2D eigenvalue weighted by Crippen LogP contribution is 2.18. The maximum Gasteiger partial charge on any atom is 0.126 e. The Balaban J connectivity index is 1.86. The van der Waals surface area contributed by atoms with Crippen LogP contribution in [0.25, 0.3) is 0 Å². The first-order valence-corrected chi connectivity index (χ1v) is 6.98. The maximum atomic E-state index is 13.4. The van der Waals surface area contributed by atoms with E-state index in [1.807, 2.05) is 23.9 Å². The zero-order valence-electron chi connectivity index (χ0n) is 9.58. The van der Waals surface area contributed by atoms with Crippen LogP contribution >= 0.6 is 11.8 Å². The van der Waals surface area contributed by atoms with Crippen molar-refractivity contribution >= 4 is 11.8 Å². The molecule has 88 valence electrons. The van der Waals surface area contributed by atoms with E-state index in [1.165, 1.54) is 24.0 Å². The van der Waals surface area contributed by atoms with Crippen LogP contribution < -0.4 is 5.32 Å². The molecule has 0 spiro atoms. The molecule has 1 N–H and O–H groups in total. The van der Waals surface area contributed by atoms with Crippen molar-refractivity contribution in [1.29, 1.82) is 0 Å². The van der Waals surface area contributed by atoms with E-state index >= 15 is 0 Å². The molecule has 1 aromatic rings. The summed E-state index contributed by atoms with van der Waals surface area (Å²) in [6, 6.07) is 8.01. The molecule has 1 nitrogen and oxygen atoms in total. The molecule has 0 bridgehead atoms. The summed E-state index contributed by atoms with van der Waals surface area (Å²) in [4.78, 5) is 0. The first kappa shape index (κ1) is 11.9. The Morgan fingerprint density at radius 1 is 1.50 bits per heavy atom. The van der Waals surface area contributed by atoms with Gasteiger partial charge in [-0.15, -0.1) is 0 Å². The number of hydrogen-bond donors (Lipinski definition) is 1. The van der Waals surface area contributed by atoms with Gasteiger partial charge in [-0.25, -0.2) is 4.39 Å². The monoisotopic (exact) mass is 239 g/mol. The SMILES string of the molecule is CC(Cc1ccccc1F)NC1CCSC1. The summed E-state index contributed by atoms with van der Waals surface area (Å²) in [6.07, 6.45) is 2.01. The molecule has 0 radical (unpaired) electrons. The van der Waals surface area contributed by atoms with Crippen molar-refractivity contribution in [2.45, 2.75) is 31.8 Å². The minimum atomic E-state index is -0.0862. The van der Waals surface area contributed by atoms with Crippen molar-refractivity contribution in [2.24, 2.45) is 0 Å². The number of nitrogens with one attached hydrogen (secondary N) is 1. The van der Waals surface area contributed by atoms with E-state index in [4.69, 9.17) is 0 Å². The van der Waals surface area contributed by atoms with Gasteiger partial charge in [-0.05, 0) is 37.1 Å². The predicted octanol–water partition coefficient (Wildman–Crippen LogP) is 2.85. The molecule has 1 heterocycles. The highest BCUT2D eigenvalue weighted by atomic mass is 32.2. The van der Waals surface area contributed by atoms with Crippen LogP contribution in [0.5, 0.6) is 0 Å². The molecule has 0 saturated carbocycles. The average Bonchev–Trinajstić information content (AvgIpc) is 2.74. The summed E-state index contributed by atoms with van der Waals surface area (Å²) in [5.41, 5.74) is 0.813. The van der Waals surface area contributed by atoms with Crippen LogP contribution in [-0.4, -0.2) is 23.6 Å². The van der Waals surface area contributed by atoms with E-state index in [0.717, 1.165) is 12.0 Å². The molecule has 1 saturated heterocycles. The van der Waals surface area contributed by atoms with Gasteiger partial charge in [-0.2, -0.15) is 11.8 Å². The minimum Gasteiger partial charge on any atom is -0.310 e. The molecular weight excluding hydrogens is 221 g/mol. The Hall–Kier alpha value is -0.540. The van der Waals surface area contributed by atoms with E-state index < -0.39 is 0 Å². The lowest BCUT2D eigenvalue weighted by Crippen LogP contribution is -2.37. The van der Waals surface area contributed by atoms with Gasteiger partial charge in [-0.1, -0.05) is 18.2 Å². The van der Waals surface area contributed by atoms with E-state index in [9.17, 15) is 4.39 Å². The van der Waals surface area contributed by atoms with Gasteiger partial charge in [-0.3, -0.25) is 0 Å². The summed E-state index contributed by atoms with van der Waals surface area (Å²) in [5, 5.41) is 3.57. The maximum absolute atomic E-state index is 13.4. The molecule has 0 aromatic heterocycles. The van der Waals surface area contributed by atoms with Crippen molar-refractivity contribution in [3.8, 4) is 0 Å². The first-order valence-electron chi connectivity index (χ1n) is 5.83. The summed E-state index contributed by atoms with van der Waals surface area (Å²) in [7, 11) is 0. The Morgan fingerprint density at radius 3 is 3.00 bits per heavy atom. The van der Waals surface area contributed by atoms with Crippen LogP contribution in [0.4, 0.5) is 4.39 Å². The zero-order valence-corrected chi connectivity index (χ0v) is 10.4. The fourth-order valence-corrected chi connectivity index (χ4v) is 3.29. The van der Waals surface area contributed by atoms with Gasteiger partial charge < -0.3 is 5.32 Å². The fourth-order valence-electron chi connectivity index (χ4n) is 2.12. The Labute approximate surface area is 101 Å².